The molecule has 2 aliphatic heterocycles. The molecule has 21 heavy (non-hydrogen) atoms. The van der Waals surface area contributed by atoms with Gasteiger partial charge in [0.05, 0.1) is 24.3 Å². The quantitative estimate of drug-likeness (QED) is 0.758. The van der Waals surface area contributed by atoms with Crippen LogP contribution in [0.1, 0.15) is 21.5 Å². The number of rotatable bonds is 0. The van der Waals surface area contributed by atoms with Gasteiger partial charge in [-0.15, -0.1) is 0 Å². The maximum atomic E-state index is 12.8. The molecule has 0 saturated carbocycles. The van der Waals surface area contributed by atoms with Crippen molar-refractivity contribution in [2.75, 3.05) is 5.32 Å². The van der Waals surface area contributed by atoms with Crippen LogP contribution in [0.25, 0.3) is 0 Å². The zero-order valence-electron chi connectivity index (χ0n) is 11.2. The molecular weight excluding hydrogens is 282 g/mol. The lowest BCUT2D eigenvalue weighted by molar-refractivity contribution is 0.0172. The van der Waals surface area contributed by atoms with Crippen LogP contribution in [-0.4, -0.2) is 21.0 Å². The summed E-state index contributed by atoms with van der Waals surface area (Å²) in [5, 5.41) is 7.31. The number of hydrogen-bond donors (Lipinski definition) is 1. The number of fused-ring (bicyclic) bond motifs is 3. The van der Waals surface area contributed by atoms with E-state index in [4.69, 9.17) is 12.2 Å². The number of amides is 1. The van der Waals surface area contributed by atoms with Crippen LogP contribution in [0, 0.1) is 0 Å². The lowest BCUT2D eigenvalue weighted by atomic mass is 10.0. The van der Waals surface area contributed by atoms with Crippen molar-refractivity contribution in [2.24, 2.45) is 0 Å². The van der Waals surface area contributed by atoms with Crippen LogP contribution < -0.4 is 5.32 Å². The Morgan fingerprint density at radius 2 is 1.52 bits per heavy atom. The Bertz CT molecular complexity index is 759. The van der Waals surface area contributed by atoms with Gasteiger partial charge in [-0.05, 0) is 35.5 Å². The highest BCUT2D eigenvalue weighted by atomic mass is 32.1. The van der Waals surface area contributed by atoms with Crippen LogP contribution in [0.15, 0.2) is 48.5 Å². The number of carbonyl (C=O) groups is 1. The summed E-state index contributed by atoms with van der Waals surface area (Å²) >= 11 is 5.47. The van der Waals surface area contributed by atoms with Crippen LogP contribution in [0.4, 0.5) is 5.69 Å². The third-order valence-corrected chi connectivity index (χ3v) is 4.23. The molecule has 0 aromatic heterocycles. The van der Waals surface area contributed by atoms with Gasteiger partial charge in [0.25, 0.3) is 5.91 Å². The van der Waals surface area contributed by atoms with Gasteiger partial charge in [-0.3, -0.25) is 9.80 Å². The summed E-state index contributed by atoms with van der Waals surface area (Å²) in [6, 6.07) is 15.6. The first-order valence-corrected chi connectivity index (χ1v) is 7.21. The van der Waals surface area contributed by atoms with Gasteiger partial charge in [0.1, 0.15) is 0 Å². The molecule has 0 aliphatic carbocycles. The van der Waals surface area contributed by atoms with Crippen molar-refractivity contribution in [1.29, 1.82) is 0 Å². The first-order valence-electron chi connectivity index (χ1n) is 6.80. The molecule has 0 saturated heterocycles. The molecule has 1 N–H and O–H groups in total. The predicted molar refractivity (Wildman–Crippen MR) is 84.5 cm³/mol. The molecule has 2 heterocycles. The molecule has 0 fully saturated rings. The summed E-state index contributed by atoms with van der Waals surface area (Å²) in [5.41, 5.74) is 3.80. The highest BCUT2D eigenvalue weighted by Crippen LogP contribution is 2.29. The summed E-state index contributed by atoms with van der Waals surface area (Å²) in [6.07, 6.45) is 0. The Labute approximate surface area is 127 Å². The van der Waals surface area contributed by atoms with Crippen LogP contribution >= 0.6 is 12.2 Å². The van der Waals surface area contributed by atoms with Crippen molar-refractivity contribution >= 4 is 28.9 Å². The van der Waals surface area contributed by atoms with E-state index >= 15 is 0 Å². The smallest absolute Gasteiger partial charge is 0.274 e. The van der Waals surface area contributed by atoms with Crippen molar-refractivity contribution in [3.63, 3.8) is 0 Å². The minimum absolute atomic E-state index is 0.0209. The summed E-state index contributed by atoms with van der Waals surface area (Å²) < 4.78 is 0. The monoisotopic (exact) mass is 295 g/mol. The van der Waals surface area contributed by atoms with Crippen LogP contribution in [0.5, 0.6) is 0 Å². The van der Waals surface area contributed by atoms with Gasteiger partial charge in [-0.2, -0.15) is 0 Å². The van der Waals surface area contributed by atoms with Crippen molar-refractivity contribution in [3.8, 4) is 0 Å². The molecule has 0 unspecified atom stereocenters. The van der Waals surface area contributed by atoms with Crippen molar-refractivity contribution in [1.82, 2.24) is 10.0 Å². The fourth-order valence-corrected chi connectivity index (χ4v) is 3.09. The Hall–Kier alpha value is -2.40. The van der Waals surface area contributed by atoms with Gasteiger partial charge in [0, 0.05) is 0 Å². The second-order valence-electron chi connectivity index (χ2n) is 5.16. The highest BCUT2D eigenvalue weighted by Gasteiger charge is 2.34. The first kappa shape index (κ1) is 12.3. The molecule has 2 aromatic rings. The number of benzene rings is 2. The van der Waals surface area contributed by atoms with E-state index in [9.17, 15) is 4.79 Å². The molecule has 0 bridgehead atoms. The number of nitrogens with one attached hydrogen (secondary N) is 1. The summed E-state index contributed by atoms with van der Waals surface area (Å²) in [5.74, 6) is -0.0209. The van der Waals surface area contributed by atoms with Crippen LogP contribution in [-0.2, 0) is 13.1 Å². The van der Waals surface area contributed by atoms with Gasteiger partial charge in [-0.1, -0.05) is 36.4 Å². The lowest BCUT2D eigenvalue weighted by Gasteiger charge is -2.39. The highest BCUT2D eigenvalue weighted by molar-refractivity contribution is 7.80. The van der Waals surface area contributed by atoms with Gasteiger partial charge in [0.15, 0.2) is 5.11 Å². The number of thiocarbonyl (C=S) groups is 1. The third-order valence-electron chi connectivity index (χ3n) is 3.92. The summed E-state index contributed by atoms with van der Waals surface area (Å²) in [4.78, 5) is 12.8. The predicted octanol–water partition coefficient (Wildman–Crippen LogP) is 2.77. The zero-order chi connectivity index (χ0) is 14.4. The first-order chi connectivity index (χ1) is 10.2. The molecule has 4 nitrogen and oxygen atoms in total. The van der Waals surface area contributed by atoms with E-state index < -0.39 is 0 Å². The maximum Gasteiger partial charge on any atom is 0.274 e. The van der Waals surface area contributed by atoms with Crippen LogP contribution in [0.3, 0.4) is 0 Å². The fraction of sp³-hybridized carbons (Fsp3) is 0.125. The zero-order valence-corrected chi connectivity index (χ0v) is 12.1. The number of carbonyl (C=O) groups excluding carboxylic acids is 1. The molecule has 1 amide bonds. The molecule has 2 aromatic carbocycles. The Balaban J connectivity index is 1.82. The molecule has 0 atom stereocenters. The molecule has 2 aliphatic rings. The summed E-state index contributed by atoms with van der Waals surface area (Å²) in [7, 11) is 0. The van der Waals surface area contributed by atoms with E-state index in [0.717, 1.165) is 5.69 Å². The van der Waals surface area contributed by atoms with Crippen molar-refractivity contribution in [3.05, 3.63) is 65.2 Å². The largest absolute Gasteiger partial charge is 0.330 e. The van der Waals surface area contributed by atoms with Gasteiger partial charge in [0.2, 0.25) is 0 Å². The Morgan fingerprint density at radius 1 is 0.905 bits per heavy atom. The molecular formula is C16H13N3OS. The lowest BCUT2D eigenvalue weighted by Crippen LogP contribution is -2.50. The molecule has 0 radical (unpaired) electrons. The maximum absolute atomic E-state index is 12.8. The number of nitrogens with zero attached hydrogens (tertiary/aromatic N) is 2. The van der Waals surface area contributed by atoms with E-state index in [0.29, 0.717) is 23.8 Å². The summed E-state index contributed by atoms with van der Waals surface area (Å²) in [6.45, 7) is 1.16. The minimum Gasteiger partial charge on any atom is -0.330 e. The number of hydrazine groups is 1. The van der Waals surface area contributed by atoms with E-state index in [2.05, 4.69) is 17.4 Å². The van der Waals surface area contributed by atoms with Gasteiger partial charge < -0.3 is 5.32 Å². The topological polar surface area (TPSA) is 35.6 Å². The Morgan fingerprint density at radius 3 is 2.29 bits per heavy atom. The Kier molecular flexibility index (Phi) is 2.68. The van der Waals surface area contributed by atoms with Crippen molar-refractivity contribution < 1.29 is 4.79 Å². The normalized spacial score (nSPS) is 16.6. The van der Waals surface area contributed by atoms with Crippen molar-refractivity contribution in [2.45, 2.75) is 13.1 Å². The number of hydrogen-bond acceptors (Lipinski definition) is 2. The standard InChI is InChI=1S/C16H13N3OS/c20-15-13-7-3-4-8-14(13)17-16(21)19-10-12-6-2-1-5-11(12)9-18(15)19/h1-8H,9-10H2,(H,17,21). The second kappa shape index (κ2) is 4.56. The van der Waals surface area contributed by atoms with Gasteiger partial charge in [-0.25, -0.2) is 5.01 Å². The second-order valence-corrected chi connectivity index (χ2v) is 5.55. The molecule has 5 heteroatoms. The minimum atomic E-state index is -0.0209. The average Bonchev–Trinajstić information content (AvgIpc) is 2.62. The third kappa shape index (κ3) is 1.89. The van der Waals surface area contributed by atoms with E-state index in [1.165, 1.54) is 11.1 Å². The van der Waals surface area contributed by atoms with E-state index in [1.54, 1.807) is 5.01 Å². The van der Waals surface area contributed by atoms with Gasteiger partial charge >= 0.3 is 0 Å². The molecule has 0 spiro atoms. The van der Waals surface area contributed by atoms with E-state index in [-0.39, 0.29) is 5.91 Å². The molecule has 104 valence electrons. The van der Waals surface area contributed by atoms with E-state index in [1.807, 2.05) is 41.4 Å². The van der Waals surface area contributed by atoms with Crippen LogP contribution in [0.2, 0.25) is 0 Å². The fourth-order valence-electron chi connectivity index (χ4n) is 2.82. The number of anilines is 1. The number of para-hydroxylation sites is 1. The SMILES string of the molecule is O=C1c2ccccc2NC(=S)N2Cc3ccccc3CN12. The molecule has 4 rings (SSSR count). The average molecular weight is 295 g/mol.